The molecule has 0 bridgehead atoms. The molecule has 4 aliphatic carbocycles. The predicted molar refractivity (Wildman–Crippen MR) is 145 cm³/mol. The molecule has 0 spiro atoms. The molecule has 3 saturated carbocycles. The smallest absolute Gasteiger partial charge is 0.335 e. The first-order valence-electron chi connectivity index (χ1n) is 15.3. The molecule has 5 rings (SSSR count). The van der Waals surface area contributed by atoms with Crippen LogP contribution in [0.2, 0.25) is 0 Å². The van der Waals surface area contributed by atoms with Crippen LogP contribution in [0.25, 0.3) is 0 Å². The van der Waals surface area contributed by atoms with Crippen LogP contribution in [0.5, 0.6) is 0 Å². The fourth-order valence-corrected chi connectivity index (χ4v) is 10.7. The van der Waals surface area contributed by atoms with Crippen LogP contribution in [0.1, 0.15) is 113 Å². The highest BCUT2D eigenvalue weighted by molar-refractivity contribution is 5.94. The Labute approximate surface area is 228 Å². The van der Waals surface area contributed by atoms with Crippen molar-refractivity contribution in [3.05, 3.63) is 11.1 Å². The third-order valence-electron chi connectivity index (χ3n) is 12.8. The van der Waals surface area contributed by atoms with E-state index in [2.05, 4.69) is 34.6 Å². The van der Waals surface area contributed by atoms with E-state index in [1.165, 1.54) is 25.7 Å². The van der Waals surface area contributed by atoms with E-state index in [4.69, 9.17) is 9.47 Å². The molecular formula is C32H50O6. The molecule has 0 aromatic heterocycles. The minimum atomic E-state index is -0.737. The fourth-order valence-electron chi connectivity index (χ4n) is 10.7. The highest BCUT2D eigenvalue weighted by Gasteiger charge is 2.71. The Morgan fingerprint density at radius 3 is 2.39 bits per heavy atom. The topological polar surface area (TPSA) is 93.1 Å². The number of carbonyl (C=O) groups is 2. The number of hydrogen-bond acceptors (Lipinski definition) is 6. The molecule has 4 unspecified atom stereocenters. The molecule has 11 atom stereocenters. The molecule has 0 amide bonds. The largest absolute Gasteiger partial charge is 0.461 e. The van der Waals surface area contributed by atoms with Crippen LogP contribution in [-0.4, -0.2) is 46.6 Å². The number of aliphatic hydroxyl groups excluding tert-OH is 2. The Morgan fingerprint density at radius 1 is 1.05 bits per heavy atom. The lowest BCUT2D eigenvalue weighted by Crippen LogP contribution is -2.67. The molecule has 1 heterocycles. The summed E-state index contributed by atoms with van der Waals surface area (Å²) in [6.07, 6.45) is 6.32. The molecule has 38 heavy (non-hydrogen) atoms. The van der Waals surface area contributed by atoms with E-state index in [9.17, 15) is 19.8 Å². The molecule has 3 fully saturated rings. The third-order valence-corrected chi connectivity index (χ3v) is 12.8. The number of hydrogen-bond donors (Lipinski definition) is 2. The van der Waals surface area contributed by atoms with Gasteiger partial charge in [-0.05, 0) is 85.9 Å². The van der Waals surface area contributed by atoms with Crippen molar-refractivity contribution in [3.63, 3.8) is 0 Å². The quantitative estimate of drug-likeness (QED) is 0.441. The van der Waals surface area contributed by atoms with Crippen molar-refractivity contribution in [1.29, 1.82) is 0 Å². The predicted octanol–water partition coefficient (Wildman–Crippen LogP) is 5.73. The molecule has 0 radical (unpaired) electrons. The molecule has 6 nitrogen and oxygen atoms in total. The number of ether oxygens (including phenoxy) is 2. The average molecular weight is 531 g/mol. The number of cyclic esters (lactones) is 1. The van der Waals surface area contributed by atoms with Gasteiger partial charge in [-0.25, -0.2) is 4.79 Å². The van der Waals surface area contributed by atoms with Gasteiger partial charge in [-0.1, -0.05) is 54.4 Å². The van der Waals surface area contributed by atoms with Gasteiger partial charge in [0, 0.05) is 11.0 Å². The number of aliphatic hydroxyl groups is 2. The highest BCUT2D eigenvalue weighted by Crippen LogP contribution is 2.74. The van der Waals surface area contributed by atoms with Crippen LogP contribution in [-0.2, 0) is 19.1 Å². The Hall–Kier alpha value is -1.40. The van der Waals surface area contributed by atoms with E-state index >= 15 is 0 Å². The van der Waals surface area contributed by atoms with Crippen LogP contribution in [0.3, 0.4) is 0 Å². The van der Waals surface area contributed by atoms with Crippen LogP contribution in [0.4, 0.5) is 0 Å². The Kier molecular flexibility index (Phi) is 6.91. The van der Waals surface area contributed by atoms with Crippen molar-refractivity contribution in [3.8, 4) is 0 Å². The Morgan fingerprint density at radius 2 is 1.74 bits per heavy atom. The summed E-state index contributed by atoms with van der Waals surface area (Å²) in [7, 11) is 0. The third kappa shape index (κ3) is 3.78. The molecular weight excluding hydrogens is 480 g/mol. The zero-order valence-electron chi connectivity index (χ0n) is 24.6. The summed E-state index contributed by atoms with van der Waals surface area (Å²) in [6, 6.07) is 0. The van der Waals surface area contributed by atoms with Crippen molar-refractivity contribution in [2.45, 2.75) is 137 Å². The first-order chi connectivity index (χ1) is 17.8. The molecule has 0 aromatic rings. The van der Waals surface area contributed by atoms with E-state index < -0.39 is 35.8 Å². The Bertz CT molecular complexity index is 1020. The highest BCUT2D eigenvalue weighted by atomic mass is 16.6. The van der Waals surface area contributed by atoms with Crippen LogP contribution in [0.15, 0.2) is 11.1 Å². The lowest BCUT2D eigenvalue weighted by atomic mass is 9.34. The van der Waals surface area contributed by atoms with Gasteiger partial charge < -0.3 is 19.7 Å². The van der Waals surface area contributed by atoms with E-state index in [0.29, 0.717) is 47.7 Å². The zero-order chi connectivity index (χ0) is 27.8. The maximum absolute atomic E-state index is 13.4. The summed E-state index contributed by atoms with van der Waals surface area (Å²) in [5.41, 5.74) is 0.815. The van der Waals surface area contributed by atoms with Crippen LogP contribution in [0, 0.1) is 39.4 Å². The van der Waals surface area contributed by atoms with Crippen molar-refractivity contribution in [1.82, 2.24) is 0 Å². The summed E-state index contributed by atoms with van der Waals surface area (Å²) in [6.45, 7) is 15.5. The number of carbonyl (C=O) groups excluding carboxylic acids is 2. The van der Waals surface area contributed by atoms with E-state index in [0.717, 1.165) is 12.8 Å². The summed E-state index contributed by atoms with van der Waals surface area (Å²) in [5, 5.41) is 21.6. The number of esters is 2. The van der Waals surface area contributed by atoms with Crippen LogP contribution >= 0.6 is 0 Å². The summed E-state index contributed by atoms with van der Waals surface area (Å²) in [4.78, 5) is 26.6. The van der Waals surface area contributed by atoms with Gasteiger partial charge in [0.15, 0.2) is 0 Å². The minimum absolute atomic E-state index is 0.0122. The number of fused-ring (bicyclic) bond motifs is 6. The van der Waals surface area contributed by atoms with Gasteiger partial charge in [-0.3, -0.25) is 4.79 Å². The average Bonchev–Trinajstić information content (AvgIpc) is 3.16. The van der Waals surface area contributed by atoms with Gasteiger partial charge in [-0.2, -0.15) is 0 Å². The van der Waals surface area contributed by atoms with Crippen molar-refractivity contribution < 1.29 is 29.3 Å². The van der Waals surface area contributed by atoms with Gasteiger partial charge in [0.2, 0.25) is 0 Å². The fraction of sp³-hybridized carbons (Fsp3) is 0.875. The van der Waals surface area contributed by atoms with Crippen molar-refractivity contribution >= 4 is 11.9 Å². The lowest BCUT2D eigenvalue weighted by Gasteiger charge is -2.70. The van der Waals surface area contributed by atoms with E-state index in [1.54, 1.807) is 0 Å². The normalized spacial score (nSPS) is 48.8. The maximum atomic E-state index is 13.4. The summed E-state index contributed by atoms with van der Waals surface area (Å²) < 4.78 is 12.0. The van der Waals surface area contributed by atoms with Crippen LogP contribution < -0.4 is 0 Å². The molecule has 1 aliphatic heterocycles. The van der Waals surface area contributed by atoms with Crippen molar-refractivity contribution in [2.24, 2.45) is 39.4 Å². The van der Waals surface area contributed by atoms with Gasteiger partial charge in [-0.15, -0.1) is 0 Å². The minimum Gasteiger partial charge on any atom is -0.461 e. The van der Waals surface area contributed by atoms with Gasteiger partial charge >= 0.3 is 11.9 Å². The zero-order valence-corrected chi connectivity index (χ0v) is 24.6. The first-order valence-corrected chi connectivity index (χ1v) is 15.3. The van der Waals surface area contributed by atoms with Crippen molar-refractivity contribution in [2.75, 3.05) is 0 Å². The standard InChI is InChI=1S/C32H50O6/c1-8-19(33)15-25(35)38-24-17-22-30(5)13-10-12-29(4,9-2)21(30)11-14-31(22,6)23-16-20(34)26-18(3)37-28(36)27(26)32(23,24)7/h18-24,33-34H,8-17H2,1-7H3/t18-,19?,20-,21?,22?,23?,24-,29+,30+,31-,32-/m1/s1. The second kappa shape index (κ2) is 9.33. The second-order valence-corrected chi connectivity index (χ2v) is 14.5. The molecule has 0 saturated heterocycles. The Balaban J connectivity index is 1.63. The molecule has 0 aromatic carbocycles. The lowest BCUT2D eigenvalue weighted by molar-refractivity contribution is -0.232. The van der Waals surface area contributed by atoms with Gasteiger partial charge in [0.1, 0.15) is 12.2 Å². The SMILES string of the molecule is CCC(O)CC(=O)O[C@@H]1CC2[C@@]3(C)CCC[C@](C)(CC)C3CC[C@@]2(C)C2C[C@@H](O)C3=C(C(=O)O[C@@H]3C)[C@]21C. The number of rotatable bonds is 5. The first kappa shape index (κ1) is 28.1. The molecule has 2 N–H and O–H groups in total. The molecule has 5 aliphatic rings. The van der Waals surface area contributed by atoms with E-state index in [-0.39, 0.29) is 29.1 Å². The second-order valence-electron chi connectivity index (χ2n) is 14.5. The maximum Gasteiger partial charge on any atom is 0.335 e. The monoisotopic (exact) mass is 530 g/mol. The van der Waals surface area contributed by atoms with Gasteiger partial charge in [0.05, 0.1) is 24.2 Å². The van der Waals surface area contributed by atoms with Gasteiger partial charge in [0.25, 0.3) is 0 Å². The summed E-state index contributed by atoms with van der Waals surface area (Å²) >= 11 is 0. The molecule has 6 heteroatoms. The summed E-state index contributed by atoms with van der Waals surface area (Å²) in [5.74, 6) is 0.138. The molecule has 214 valence electrons. The van der Waals surface area contributed by atoms with E-state index in [1.807, 2.05) is 13.8 Å².